The van der Waals surface area contributed by atoms with Gasteiger partial charge in [0.05, 0.1) is 22.4 Å². The molecular formula is C14H15N5O3S2. The minimum absolute atomic E-state index is 0.219. The van der Waals surface area contributed by atoms with Crippen LogP contribution in [0.2, 0.25) is 0 Å². The Bertz CT molecular complexity index is 841. The van der Waals surface area contributed by atoms with Crippen molar-refractivity contribution >= 4 is 34.8 Å². The maximum Gasteiger partial charge on any atom is 0.277 e. The molecule has 1 atom stereocenters. The van der Waals surface area contributed by atoms with E-state index in [1.807, 2.05) is 12.3 Å². The molecule has 3 aromatic rings. The van der Waals surface area contributed by atoms with Crippen molar-refractivity contribution in [2.24, 2.45) is 0 Å². The highest BCUT2D eigenvalue weighted by Crippen LogP contribution is 2.24. The van der Waals surface area contributed by atoms with Crippen LogP contribution in [0.25, 0.3) is 0 Å². The van der Waals surface area contributed by atoms with Gasteiger partial charge in [-0.3, -0.25) is 4.79 Å². The number of nitrogens with zero attached hydrogens (tertiary/aromatic N) is 4. The van der Waals surface area contributed by atoms with Crippen molar-refractivity contribution in [2.45, 2.75) is 37.7 Å². The van der Waals surface area contributed by atoms with Crippen LogP contribution in [0, 0.1) is 13.8 Å². The third kappa shape index (κ3) is 4.20. The monoisotopic (exact) mass is 365 g/mol. The van der Waals surface area contributed by atoms with Gasteiger partial charge >= 0.3 is 0 Å². The maximum absolute atomic E-state index is 12.1. The Kier molecular flexibility index (Phi) is 4.95. The Morgan fingerprint density at radius 3 is 2.92 bits per heavy atom. The summed E-state index contributed by atoms with van der Waals surface area (Å²) >= 11 is 2.76. The van der Waals surface area contributed by atoms with Crippen LogP contribution < -0.4 is 5.32 Å². The summed E-state index contributed by atoms with van der Waals surface area (Å²) in [5, 5.41) is 17.2. The third-order valence-corrected chi connectivity index (χ3v) is 4.73. The molecule has 0 radical (unpaired) electrons. The van der Waals surface area contributed by atoms with Crippen LogP contribution in [0.4, 0.5) is 5.82 Å². The van der Waals surface area contributed by atoms with Crippen molar-refractivity contribution in [3.63, 3.8) is 0 Å². The molecule has 0 aliphatic carbocycles. The van der Waals surface area contributed by atoms with Crippen LogP contribution in [0.5, 0.6) is 0 Å². The van der Waals surface area contributed by atoms with Crippen molar-refractivity contribution < 1.29 is 13.7 Å². The summed E-state index contributed by atoms with van der Waals surface area (Å²) in [4.78, 5) is 16.5. The van der Waals surface area contributed by atoms with Crippen LogP contribution in [0.15, 0.2) is 25.6 Å². The van der Waals surface area contributed by atoms with Crippen LogP contribution in [-0.4, -0.2) is 31.5 Å². The van der Waals surface area contributed by atoms with E-state index in [1.165, 1.54) is 11.8 Å². The molecule has 3 rings (SSSR count). The van der Waals surface area contributed by atoms with Crippen molar-refractivity contribution in [3.05, 3.63) is 33.8 Å². The van der Waals surface area contributed by atoms with Gasteiger partial charge in [-0.05, 0) is 20.8 Å². The van der Waals surface area contributed by atoms with Gasteiger partial charge in [-0.15, -0.1) is 21.5 Å². The number of rotatable bonds is 6. The number of carbonyl (C=O) groups is 1. The van der Waals surface area contributed by atoms with Gasteiger partial charge < -0.3 is 14.3 Å². The Labute approximate surface area is 146 Å². The minimum atomic E-state index is -0.420. The number of nitrogens with one attached hydrogen (secondary N) is 1. The molecule has 0 saturated carbocycles. The number of amides is 1. The number of hydrogen-bond acceptors (Lipinski definition) is 9. The molecule has 1 N–H and O–H groups in total. The average molecular weight is 365 g/mol. The number of anilines is 1. The van der Waals surface area contributed by atoms with Gasteiger partial charge in [-0.25, -0.2) is 4.98 Å². The molecule has 3 aromatic heterocycles. The summed E-state index contributed by atoms with van der Waals surface area (Å²) in [5.74, 6) is 1.27. The summed E-state index contributed by atoms with van der Waals surface area (Å²) in [7, 11) is 0. The Morgan fingerprint density at radius 1 is 1.42 bits per heavy atom. The molecule has 0 saturated heterocycles. The van der Waals surface area contributed by atoms with E-state index in [-0.39, 0.29) is 5.91 Å². The van der Waals surface area contributed by atoms with Crippen molar-refractivity contribution in [3.8, 4) is 0 Å². The fourth-order valence-electron chi connectivity index (χ4n) is 1.86. The quantitative estimate of drug-likeness (QED) is 0.665. The number of thioether (sulfide) groups is 1. The lowest BCUT2D eigenvalue weighted by atomic mass is 10.3. The second kappa shape index (κ2) is 7.14. The Morgan fingerprint density at radius 2 is 2.25 bits per heavy atom. The van der Waals surface area contributed by atoms with Crippen LogP contribution in [-0.2, 0) is 11.2 Å². The van der Waals surface area contributed by atoms with Crippen molar-refractivity contribution in [1.29, 1.82) is 0 Å². The highest BCUT2D eigenvalue weighted by atomic mass is 32.2. The Balaban J connectivity index is 1.56. The summed E-state index contributed by atoms with van der Waals surface area (Å²) < 4.78 is 10.5. The van der Waals surface area contributed by atoms with E-state index in [2.05, 4.69) is 25.7 Å². The first kappa shape index (κ1) is 16.7. The first-order valence-electron chi connectivity index (χ1n) is 7.14. The SMILES string of the molecule is Cc1cc(NC(=O)C(C)Sc2nnc(Cc3csc(C)n3)o2)no1. The second-order valence-electron chi connectivity index (χ2n) is 5.07. The summed E-state index contributed by atoms with van der Waals surface area (Å²) in [6.07, 6.45) is 0.483. The van der Waals surface area contributed by atoms with E-state index >= 15 is 0 Å². The molecule has 10 heteroatoms. The number of aryl methyl sites for hydroxylation is 2. The molecule has 8 nitrogen and oxygen atoms in total. The fourth-order valence-corrected chi connectivity index (χ4v) is 3.17. The van der Waals surface area contributed by atoms with Crippen LogP contribution in [0.1, 0.15) is 29.3 Å². The topological polar surface area (TPSA) is 107 Å². The zero-order valence-electron chi connectivity index (χ0n) is 13.3. The van der Waals surface area contributed by atoms with Gasteiger partial charge in [0.25, 0.3) is 5.22 Å². The lowest BCUT2D eigenvalue weighted by Crippen LogP contribution is -2.22. The Hall–Kier alpha value is -2.20. The molecule has 0 aliphatic heterocycles. The molecule has 0 fully saturated rings. The molecule has 0 spiro atoms. The number of carbonyl (C=O) groups excluding carboxylic acids is 1. The zero-order chi connectivity index (χ0) is 17.1. The highest BCUT2D eigenvalue weighted by Gasteiger charge is 2.19. The van der Waals surface area contributed by atoms with Crippen molar-refractivity contribution in [2.75, 3.05) is 5.32 Å². The van der Waals surface area contributed by atoms with Gasteiger partial charge in [0.1, 0.15) is 5.76 Å². The van der Waals surface area contributed by atoms with E-state index in [0.29, 0.717) is 29.1 Å². The predicted molar refractivity (Wildman–Crippen MR) is 89.1 cm³/mol. The first-order chi connectivity index (χ1) is 11.5. The van der Waals surface area contributed by atoms with E-state index < -0.39 is 5.25 Å². The van der Waals surface area contributed by atoms with Crippen LogP contribution in [0.3, 0.4) is 0 Å². The lowest BCUT2D eigenvalue weighted by molar-refractivity contribution is -0.115. The predicted octanol–water partition coefficient (Wildman–Crippen LogP) is 2.84. The molecular weight excluding hydrogens is 350 g/mol. The minimum Gasteiger partial charge on any atom is -0.416 e. The van der Waals surface area contributed by atoms with Crippen molar-refractivity contribution in [1.82, 2.24) is 20.3 Å². The average Bonchev–Trinajstić information content (AvgIpc) is 3.23. The number of hydrogen-bond donors (Lipinski definition) is 1. The van der Waals surface area contributed by atoms with E-state index in [1.54, 1.807) is 31.3 Å². The highest BCUT2D eigenvalue weighted by molar-refractivity contribution is 8.00. The smallest absolute Gasteiger partial charge is 0.277 e. The summed E-state index contributed by atoms with van der Waals surface area (Å²) in [6.45, 7) is 5.45. The van der Waals surface area contributed by atoms with Gasteiger partial charge in [0.2, 0.25) is 11.8 Å². The van der Waals surface area contributed by atoms with Gasteiger partial charge in [-0.2, -0.15) is 0 Å². The van der Waals surface area contributed by atoms with Gasteiger partial charge in [0, 0.05) is 11.4 Å². The number of thiazole rings is 1. The normalized spacial score (nSPS) is 12.3. The molecule has 0 aromatic carbocycles. The first-order valence-corrected chi connectivity index (χ1v) is 8.90. The largest absolute Gasteiger partial charge is 0.416 e. The molecule has 1 amide bonds. The molecule has 24 heavy (non-hydrogen) atoms. The second-order valence-corrected chi connectivity index (χ2v) is 7.42. The summed E-state index contributed by atoms with van der Waals surface area (Å²) in [6, 6.07) is 1.65. The lowest BCUT2D eigenvalue weighted by Gasteiger charge is -2.06. The standard InChI is InChI=1S/C14H15N5O3S2/c1-7-4-11(19-22-7)16-13(20)8(2)24-14-18-17-12(21-14)5-10-6-23-9(3)15-10/h4,6,8H,5H2,1-3H3,(H,16,19,20). The third-order valence-electron chi connectivity index (χ3n) is 2.97. The molecule has 0 bridgehead atoms. The maximum atomic E-state index is 12.1. The molecule has 1 unspecified atom stereocenters. The van der Waals surface area contributed by atoms with Gasteiger partial charge in [-0.1, -0.05) is 16.9 Å². The fraction of sp³-hybridized carbons (Fsp3) is 0.357. The molecule has 0 aliphatic rings. The zero-order valence-corrected chi connectivity index (χ0v) is 14.9. The van der Waals surface area contributed by atoms with E-state index in [4.69, 9.17) is 8.94 Å². The molecule has 3 heterocycles. The molecule has 126 valence electrons. The summed E-state index contributed by atoms with van der Waals surface area (Å²) in [5.41, 5.74) is 0.893. The van der Waals surface area contributed by atoms with Gasteiger partial charge in [0.15, 0.2) is 5.82 Å². The van der Waals surface area contributed by atoms with E-state index in [0.717, 1.165) is 10.7 Å². The van der Waals surface area contributed by atoms with Crippen LogP contribution >= 0.6 is 23.1 Å². The van der Waals surface area contributed by atoms with E-state index in [9.17, 15) is 4.79 Å². The number of aromatic nitrogens is 4.